The lowest BCUT2D eigenvalue weighted by atomic mass is 10.0. The number of hydrogen-bond donors (Lipinski definition) is 1. The first kappa shape index (κ1) is 34.3. The summed E-state index contributed by atoms with van der Waals surface area (Å²) in [5.74, 6) is 0. The molecule has 0 saturated heterocycles. The molecular weight excluding hydrogens is 439 g/mol. The molecule has 34 heavy (non-hydrogen) atoms. The van der Waals surface area contributed by atoms with Gasteiger partial charge in [-0.2, -0.15) is 0 Å². The van der Waals surface area contributed by atoms with Crippen molar-refractivity contribution in [3.63, 3.8) is 0 Å². The molecular formula is C30H63O3P. The maximum absolute atomic E-state index is 9.85. The molecule has 0 aliphatic heterocycles. The summed E-state index contributed by atoms with van der Waals surface area (Å²) in [7, 11) is -1.66. The van der Waals surface area contributed by atoms with Crippen LogP contribution in [0.15, 0.2) is 0 Å². The van der Waals surface area contributed by atoms with Gasteiger partial charge in [-0.25, -0.2) is 0 Å². The number of unbranched alkanes of at least 4 members (excludes halogenated alkanes) is 24. The molecule has 0 saturated carbocycles. The molecule has 4 heteroatoms. The molecule has 0 heterocycles. The van der Waals surface area contributed by atoms with Gasteiger partial charge >= 0.3 is 8.60 Å². The first-order chi connectivity index (χ1) is 16.8. The zero-order valence-electron chi connectivity index (χ0n) is 23.5. The fourth-order valence-electron chi connectivity index (χ4n) is 4.56. The van der Waals surface area contributed by atoms with Gasteiger partial charge in [0.15, 0.2) is 0 Å². The highest BCUT2D eigenvalue weighted by atomic mass is 31.2. The maximum atomic E-state index is 9.85. The van der Waals surface area contributed by atoms with E-state index >= 15 is 0 Å². The minimum absolute atomic E-state index is 0.637. The Labute approximate surface area is 216 Å². The highest BCUT2D eigenvalue weighted by Crippen LogP contribution is 2.33. The van der Waals surface area contributed by atoms with Crippen LogP contribution >= 0.6 is 8.60 Å². The molecule has 0 aliphatic carbocycles. The zero-order valence-corrected chi connectivity index (χ0v) is 24.4. The summed E-state index contributed by atoms with van der Waals surface area (Å²) in [6.07, 6.45) is 35.1. The molecule has 0 radical (unpaired) electrons. The van der Waals surface area contributed by atoms with Gasteiger partial charge in [0.05, 0.1) is 13.2 Å². The van der Waals surface area contributed by atoms with E-state index in [0.717, 1.165) is 12.8 Å². The fourth-order valence-corrected chi connectivity index (χ4v) is 5.21. The van der Waals surface area contributed by atoms with Crippen molar-refractivity contribution < 1.29 is 13.9 Å². The molecule has 0 rings (SSSR count). The van der Waals surface area contributed by atoms with E-state index in [4.69, 9.17) is 9.05 Å². The fraction of sp³-hybridized carbons (Fsp3) is 1.00. The monoisotopic (exact) mass is 502 g/mol. The summed E-state index contributed by atoms with van der Waals surface area (Å²) in [5, 5.41) is 0. The van der Waals surface area contributed by atoms with E-state index in [2.05, 4.69) is 13.8 Å². The van der Waals surface area contributed by atoms with E-state index in [1.165, 1.54) is 154 Å². The van der Waals surface area contributed by atoms with Crippen LogP contribution in [0, 0.1) is 0 Å². The Morgan fingerprint density at radius 3 is 0.794 bits per heavy atom. The van der Waals surface area contributed by atoms with Crippen LogP contribution in [0.4, 0.5) is 0 Å². The molecule has 0 aromatic carbocycles. The second-order valence-corrected chi connectivity index (χ2v) is 11.4. The van der Waals surface area contributed by atoms with Crippen molar-refractivity contribution in [3.05, 3.63) is 0 Å². The van der Waals surface area contributed by atoms with Gasteiger partial charge in [0.2, 0.25) is 0 Å². The van der Waals surface area contributed by atoms with Crippen molar-refractivity contribution in [1.82, 2.24) is 0 Å². The van der Waals surface area contributed by atoms with Crippen molar-refractivity contribution in [3.8, 4) is 0 Å². The van der Waals surface area contributed by atoms with E-state index < -0.39 is 8.60 Å². The van der Waals surface area contributed by atoms with Gasteiger partial charge in [-0.15, -0.1) is 0 Å². The maximum Gasteiger partial charge on any atom is 0.329 e. The van der Waals surface area contributed by atoms with Gasteiger partial charge in [-0.3, -0.25) is 0 Å². The van der Waals surface area contributed by atoms with E-state index in [0.29, 0.717) is 13.2 Å². The van der Waals surface area contributed by atoms with E-state index in [1.807, 2.05) is 0 Å². The largest absolute Gasteiger partial charge is 0.329 e. The predicted molar refractivity (Wildman–Crippen MR) is 152 cm³/mol. The average Bonchev–Trinajstić information content (AvgIpc) is 2.84. The Balaban J connectivity index is 3.13. The summed E-state index contributed by atoms with van der Waals surface area (Å²) in [6, 6.07) is 0. The summed E-state index contributed by atoms with van der Waals surface area (Å²) in [5.41, 5.74) is 0. The lowest BCUT2D eigenvalue weighted by Crippen LogP contribution is -1.95. The highest BCUT2D eigenvalue weighted by Gasteiger charge is 2.06. The Morgan fingerprint density at radius 2 is 0.559 bits per heavy atom. The third kappa shape index (κ3) is 30.3. The molecule has 0 spiro atoms. The van der Waals surface area contributed by atoms with E-state index in [-0.39, 0.29) is 0 Å². The van der Waals surface area contributed by atoms with E-state index in [1.54, 1.807) is 0 Å². The molecule has 0 fully saturated rings. The van der Waals surface area contributed by atoms with Crippen LogP contribution in [0.25, 0.3) is 0 Å². The molecule has 1 N–H and O–H groups in total. The molecule has 0 amide bonds. The average molecular weight is 503 g/mol. The Hall–Kier alpha value is 0.310. The molecule has 0 unspecified atom stereocenters. The highest BCUT2D eigenvalue weighted by molar-refractivity contribution is 7.40. The first-order valence-electron chi connectivity index (χ1n) is 15.6. The smallest absolute Gasteiger partial charge is 0.328 e. The van der Waals surface area contributed by atoms with Gasteiger partial charge in [0.25, 0.3) is 0 Å². The van der Waals surface area contributed by atoms with Crippen LogP contribution < -0.4 is 0 Å². The molecule has 206 valence electrons. The Kier molecular flexibility index (Phi) is 31.6. The van der Waals surface area contributed by atoms with Crippen molar-refractivity contribution >= 4 is 8.60 Å². The van der Waals surface area contributed by atoms with Crippen LogP contribution in [0.2, 0.25) is 0 Å². The SMILES string of the molecule is CCCCCCCCCCCCCCCOP(O)OCCCCCCCCCCCCCCC. The summed E-state index contributed by atoms with van der Waals surface area (Å²) in [4.78, 5) is 9.85. The van der Waals surface area contributed by atoms with Crippen LogP contribution in [0.1, 0.15) is 181 Å². The summed E-state index contributed by atoms with van der Waals surface area (Å²) < 4.78 is 10.9. The summed E-state index contributed by atoms with van der Waals surface area (Å²) >= 11 is 0. The number of hydrogen-bond acceptors (Lipinski definition) is 3. The molecule has 0 aliphatic rings. The van der Waals surface area contributed by atoms with Crippen molar-refractivity contribution in [1.29, 1.82) is 0 Å². The quantitative estimate of drug-likeness (QED) is 0.0784. The first-order valence-corrected chi connectivity index (χ1v) is 16.7. The number of rotatable bonds is 30. The van der Waals surface area contributed by atoms with Crippen LogP contribution in [-0.2, 0) is 9.05 Å². The second-order valence-electron chi connectivity index (χ2n) is 10.4. The lowest BCUT2D eigenvalue weighted by molar-refractivity contribution is 0.193. The topological polar surface area (TPSA) is 38.7 Å². The molecule has 0 aromatic rings. The van der Waals surface area contributed by atoms with Gasteiger partial charge in [-0.1, -0.05) is 168 Å². The zero-order chi connectivity index (χ0) is 24.8. The normalized spacial score (nSPS) is 11.6. The standard InChI is InChI=1S/C30H63O3P/c1-3-5-7-9-11-13-15-17-19-21-23-25-27-29-32-34(31)33-30-28-26-24-22-20-18-16-14-12-10-8-6-4-2/h31H,3-30H2,1-2H3. The van der Waals surface area contributed by atoms with Crippen LogP contribution in [-0.4, -0.2) is 18.1 Å². The Morgan fingerprint density at radius 1 is 0.353 bits per heavy atom. The van der Waals surface area contributed by atoms with Crippen molar-refractivity contribution in [2.24, 2.45) is 0 Å². The minimum atomic E-state index is -1.66. The molecule has 3 nitrogen and oxygen atoms in total. The van der Waals surface area contributed by atoms with Crippen LogP contribution in [0.5, 0.6) is 0 Å². The van der Waals surface area contributed by atoms with E-state index in [9.17, 15) is 4.89 Å². The third-order valence-electron chi connectivity index (χ3n) is 6.90. The van der Waals surface area contributed by atoms with Crippen molar-refractivity contribution in [2.45, 2.75) is 181 Å². The van der Waals surface area contributed by atoms with Gasteiger partial charge in [0, 0.05) is 0 Å². The van der Waals surface area contributed by atoms with Gasteiger partial charge in [-0.05, 0) is 12.8 Å². The molecule has 0 bridgehead atoms. The van der Waals surface area contributed by atoms with Crippen LogP contribution in [0.3, 0.4) is 0 Å². The third-order valence-corrected chi connectivity index (χ3v) is 7.71. The summed E-state index contributed by atoms with van der Waals surface area (Å²) in [6.45, 7) is 5.84. The predicted octanol–water partition coefficient (Wildman–Crippen LogP) is 11.4. The minimum Gasteiger partial charge on any atom is -0.328 e. The van der Waals surface area contributed by atoms with Crippen molar-refractivity contribution in [2.75, 3.05) is 13.2 Å². The molecule has 0 atom stereocenters. The Bertz CT molecular complexity index is 322. The second kappa shape index (κ2) is 31.3. The van der Waals surface area contributed by atoms with Gasteiger partial charge < -0.3 is 13.9 Å². The van der Waals surface area contributed by atoms with Gasteiger partial charge in [0.1, 0.15) is 0 Å². The lowest BCUT2D eigenvalue weighted by Gasteiger charge is -2.10. The molecule has 0 aromatic heterocycles.